The van der Waals surface area contributed by atoms with E-state index in [9.17, 15) is 8.60 Å². The molecule has 1 aliphatic carbocycles. The number of nitrogens with one attached hydrogen (secondary N) is 2. The largest absolute Gasteiger partial charge is 0.359 e. The monoisotopic (exact) mass is 477 g/mol. The van der Waals surface area contributed by atoms with Gasteiger partial charge in [-0.15, -0.1) is 0 Å². The van der Waals surface area contributed by atoms with Gasteiger partial charge in [0.2, 0.25) is 0 Å². The predicted molar refractivity (Wildman–Crippen MR) is 129 cm³/mol. The first-order valence-electron chi connectivity index (χ1n) is 10.4. The van der Waals surface area contributed by atoms with Gasteiger partial charge in [0.25, 0.3) is 0 Å². The number of rotatable bonds is 6. The molecular formula is C23H25ClFN3OS2. The van der Waals surface area contributed by atoms with Gasteiger partial charge < -0.3 is 10.0 Å². The fourth-order valence-electron chi connectivity index (χ4n) is 3.81. The Kier molecular flexibility index (Phi) is 6.94. The summed E-state index contributed by atoms with van der Waals surface area (Å²) in [7, 11) is -1.54. The molecule has 1 fully saturated rings. The molecule has 2 N–H and O–H groups in total. The van der Waals surface area contributed by atoms with Crippen molar-refractivity contribution in [2.75, 3.05) is 10.0 Å². The van der Waals surface area contributed by atoms with Crippen LogP contribution in [-0.4, -0.2) is 15.2 Å². The summed E-state index contributed by atoms with van der Waals surface area (Å²) in [6.45, 7) is 3.92. The molecule has 4 rings (SSSR count). The van der Waals surface area contributed by atoms with Gasteiger partial charge in [0.15, 0.2) is 16.1 Å². The van der Waals surface area contributed by atoms with E-state index in [0.29, 0.717) is 16.6 Å². The van der Waals surface area contributed by atoms with Crippen LogP contribution < -0.4 is 10.0 Å². The molecule has 1 aromatic heterocycles. The molecule has 1 atom stereocenters. The normalized spacial score (nSPS) is 15.6. The third-order valence-electron chi connectivity index (χ3n) is 5.51. The van der Waals surface area contributed by atoms with Crippen LogP contribution in [-0.2, 0) is 11.0 Å². The van der Waals surface area contributed by atoms with Crippen LogP contribution in [0.1, 0.15) is 43.4 Å². The van der Waals surface area contributed by atoms with Crippen molar-refractivity contribution < 1.29 is 8.60 Å². The molecule has 4 nitrogen and oxygen atoms in total. The highest BCUT2D eigenvalue weighted by Crippen LogP contribution is 2.35. The lowest BCUT2D eigenvalue weighted by Gasteiger charge is -2.22. The quantitative estimate of drug-likeness (QED) is 0.398. The van der Waals surface area contributed by atoms with E-state index >= 15 is 0 Å². The van der Waals surface area contributed by atoms with Gasteiger partial charge in [-0.3, -0.25) is 0 Å². The van der Waals surface area contributed by atoms with Crippen molar-refractivity contribution in [3.63, 3.8) is 0 Å². The van der Waals surface area contributed by atoms with Crippen LogP contribution >= 0.6 is 22.9 Å². The van der Waals surface area contributed by atoms with Gasteiger partial charge in [0, 0.05) is 11.7 Å². The molecule has 3 aromatic rings. The van der Waals surface area contributed by atoms with Crippen LogP contribution in [0.2, 0.25) is 5.02 Å². The molecular weight excluding hydrogens is 453 g/mol. The van der Waals surface area contributed by atoms with Gasteiger partial charge in [0.05, 0.1) is 20.5 Å². The van der Waals surface area contributed by atoms with E-state index in [2.05, 4.69) is 10.0 Å². The molecule has 2 aromatic carbocycles. The molecule has 0 aliphatic heterocycles. The zero-order chi connectivity index (χ0) is 22.0. The van der Waals surface area contributed by atoms with Crippen molar-refractivity contribution >= 4 is 44.7 Å². The number of nitrogens with zero attached hydrogens (tertiary/aromatic N) is 1. The maximum atomic E-state index is 13.7. The Morgan fingerprint density at radius 1 is 1.13 bits per heavy atom. The minimum Gasteiger partial charge on any atom is -0.359 e. The Morgan fingerprint density at radius 2 is 1.90 bits per heavy atom. The number of benzene rings is 2. The zero-order valence-corrected chi connectivity index (χ0v) is 19.9. The Labute approximate surface area is 193 Å². The first kappa shape index (κ1) is 22.2. The zero-order valence-electron chi connectivity index (χ0n) is 17.5. The Hall–Kier alpha value is -1.96. The van der Waals surface area contributed by atoms with E-state index in [1.54, 1.807) is 17.4 Å². The summed E-state index contributed by atoms with van der Waals surface area (Å²) < 4.78 is 29.6. The minimum absolute atomic E-state index is 0.0350. The van der Waals surface area contributed by atoms with Crippen molar-refractivity contribution in [1.82, 2.24) is 4.98 Å². The molecule has 31 heavy (non-hydrogen) atoms. The van der Waals surface area contributed by atoms with Crippen LogP contribution in [0, 0.1) is 19.7 Å². The first-order chi connectivity index (χ1) is 14.9. The molecule has 0 amide bonds. The maximum Gasteiger partial charge on any atom is 0.183 e. The number of anilines is 2. The molecule has 1 heterocycles. The molecule has 0 spiro atoms. The van der Waals surface area contributed by atoms with E-state index in [1.807, 2.05) is 32.0 Å². The van der Waals surface area contributed by atoms with Crippen molar-refractivity contribution in [3.05, 3.63) is 58.5 Å². The highest BCUT2D eigenvalue weighted by molar-refractivity contribution is 7.86. The number of hydrogen-bond acceptors (Lipinski definition) is 4. The Balaban J connectivity index is 1.55. The molecule has 1 saturated carbocycles. The summed E-state index contributed by atoms with van der Waals surface area (Å²) >= 11 is 7.37. The van der Waals surface area contributed by atoms with Crippen molar-refractivity contribution in [2.24, 2.45) is 0 Å². The fraction of sp³-hybridized carbons (Fsp3) is 0.348. The number of aromatic nitrogens is 1. The standard InChI is InChI=1S/C23H25ClFN3OS2/c1-14-8-9-16(12-21(14)31(29)28-18-10-11-19(24)20(25)13-18)22-15(2)26-23(30-22)27-17-6-4-3-5-7-17/h8-13,17,28H,3-7H2,1-2H3,(H,26,27). The van der Waals surface area contributed by atoms with Gasteiger partial charge in [0.1, 0.15) is 5.82 Å². The molecule has 164 valence electrons. The first-order valence-corrected chi connectivity index (χ1v) is 12.7. The third-order valence-corrected chi connectivity index (χ3v) is 8.21. The third kappa shape index (κ3) is 5.27. The van der Waals surface area contributed by atoms with Crippen molar-refractivity contribution in [1.29, 1.82) is 0 Å². The SMILES string of the molecule is Cc1ccc(-c2sc(NC3CCCCC3)nc2C)cc1S(=O)Nc1ccc(Cl)c(F)c1. The van der Waals surface area contributed by atoms with E-state index in [-0.39, 0.29) is 5.02 Å². The second-order valence-corrected chi connectivity index (χ2v) is 10.5. The number of aryl methyl sites for hydroxylation is 2. The fourth-order valence-corrected chi connectivity index (χ4v) is 6.01. The molecule has 0 bridgehead atoms. The molecule has 0 saturated heterocycles. The average molecular weight is 478 g/mol. The Bertz CT molecular complexity index is 1110. The van der Waals surface area contributed by atoms with Gasteiger partial charge in [-0.2, -0.15) is 0 Å². The van der Waals surface area contributed by atoms with E-state index in [4.69, 9.17) is 16.6 Å². The average Bonchev–Trinajstić information content (AvgIpc) is 3.11. The van der Waals surface area contributed by atoms with E-state index < -0.39 is 16.8 Å². The lowest BCUT2D eigenvalue weighted by atomic mass is 9.96. The van der Waals surface area contributed by atoms with Crippen LogP contribution in [0.4, 0.5) is 15.2 Å². The van der Waals surface area contributed by atoms with Crippen LogP contribution in [0.5, 0.6) is 0 Å². The van der Waals surface area contributed by atoms with Crippen molar-refractivity contribution in [3.8, 4) is 10.4 Å². The number of halogens is 2. The molecule has 1 unspecified atom stereocenters. The minimum atomic E-state index is -1.54. The molecule has 1 aliphatic rings. The predicted octanol–water partition coefficient (Wildman–Crippen LogP) is 7.10. The van der Waals surface area contributed by atoms with Gasteiger partial charge >= 0.3 is 0 Å². The Morgan fingerprint density at radius 3 is 2.65 bits per heavy atom. The van der Waals surface area contributed by atoms with Crippen LogP contribution in [0.15, 0.2) is 41.3 Å². The van der Waals surface area contributed by atoms with E-state index in [0.717, 1.165) is 26.8 Å². The molecule has 0 radical (unpaired) electrons. The van der Waals surface area contributed by atoms with E-state index in [1.165, 1.54) is 44.2 Å². The highest BCUT2D eigenvalue weighted by Gasteiger charge is 2.18. The molecule has 8 heteroatoms. The summed E-state index contributed by atoms with van der Waals surface area (Å²) in [5.41, 5.74) is 3.24. The summed E-state index contributed by atoms with van der Waals surface area (Å²) in [4.78, 5) is 6.44. The van der Waals surface area contributed by atoms with Gasteiger partial charge in [-0.05, 0) is 62.1 Å². The smallest absolute Gasteiger partial charge is 0.183 e. The van der Waals surface area contributed by atoms with Gasteiger partial charge in [-0.1, -0.05) is 54.3 Å². The summed E-state index contributed by atoms with van der Waals surface area (Å²) in [5, 5.41) is 4.57. The van der Waals surface area contributed by atoms with Crippen LogP contribution in [0.25, 0.3) is 10.4 Å². The lowest BCUT2D eigenvalue weighted by Crippen LogP contribution is -2.21. The number of hydrogen-bond donors (Lipinski definition) is 2. The topological polar surface area (TPSA) is 54.0 Å². The second kappa shape index (κ2) is 9.67. The number of thiazole rings is 1. The van der Waals surface area contributed by atoms with Gasteiger partial charge in [-0.25, -0.2) is 13.6 Å². The summed E-state index contributed by atoms with van der Waals surface area (Å²) in [6.07, 6.45) is 6.25. The van der Waals surface area contributed by atoms with Crippen LogP contribution in [0.3, 0.4) is 0 Å². The lowest BCUT2D eigenvalue weighted by molar-refractivity contribution is 0.462. The maximum absolute atomic E-state index is 13.7. The summed E-state index contributed by atoms with van der Waals surface area (Å²) in [5.74, 6) is -0.549. The highest BCUT2D eigenvalue weighted by atomic mass is 35.5. The van der Waals surface area contributed by atoms with Crippen molar-refractivity contribution in [2.45, 2.75) is 56.9 Å². The second-order valence-electron chi connectivity index (χ2n) is 7.89. The summed E-state index contributed by atoms with van der Waals surface area (Å²) in [6, 6.07) is 10.7.